The minimum Gasteiger partial charge on any atom is -0.406 e. The number of benzene rings is 2. The zero-order chi connectivity index (χ0) is 21.8. The Balaban J connectivity index is 1.35. The maximum Gasteiger partial charge on any atom is 0.573 e. The first-order valence-electron chi connectivity index (χ1n) is 12.2. The van der Waals surface area contributed by atoms with E-state index in [4.69, 9.17) is 0 Å². The van der Waals surface area contributed by atoms with E-state index in [9.17, 15) is 13.2 Å². The Kier molecular flexibility index (Phi) is 7.13. The molecule has 0 saturated heterocycles. The third kappa shape index (κ3) is 5.96. The molecule has 2 aliphatic rings. The van der Waals surface area contributed by atoms with E-state index in [2.05, 4.69) is 23.8 Å². The Hall–Kier alpha value is -1.71. The molecule has 31 heavy (non-hydrogen) atoms. The van der Waals surface area contributed by atoms with Crippen LogP contribution in [-0.2, 0) is 0 Å². The Morgan fingerprint density at radius 2 is 1.58 bits per heavy atom. The van der Waals surface area contributed by atoms with Crippen LogP contribution in [0.1, 0.15) is 89.0 Å². The van der Waals surface area contributed by atoms with Gasteiger partial charge in [-0.15, -0.1) is 13.2 Å². The topological polar surface area (TPSA) is 9.23 Å². The number of fused-ring (bicyclic) bond motifs is 2. The van der Waals surface area contributed by atoms with Gasteiger partial charge in [-0.25, -0.2) is 0 Å². The van der Waals surface area contributed by atoms with Crippen molar-refractivity contribution in [1.82, 2.24) is 0 Å². The quantitative estimate of drug-likeness (QED) is 0.397. The fraction of sp³-hybridized carbons (Fsp3) is 0.630. The summed E-state index contributed by atoms with van der Waals surface area (Å²) in [5.74, 6) is 3.13. The van der Waals surface area contributed by atoms with Crippen LogP contribution in [0.5, 0.6) is 5.75 Å². The second kappa shape index (κ2) is 9.83. The molecule has 2 aromatic carbocycles. The van der Waals surface area contributed by atoms with Gasteiger partial charge in [-0.1, -0.05) is 69.7 Å². The lowest BCUT2D eigenvalue weighted by Gasteiger charge is -2.42. The molecule has 4 rings (SSSR count). The van der Waals surface area contributed by atoms with Crippen LogP contribution in [0.3, 0.4) is 0 Å². The molecule has 170 valence electrons. The van der Waals surface area contributed by atoms with Crippen molar-refractivity contribution < 1.29 is 17.9 Å². The summed E-state index contributed by atoms with van der Waals surface area (Å²) in [7, 11) is 0. The summed E-state index contributed by atoms with van der Waals surface area (Å²) in [4.78, 5) is 0. The van der Waals surface area contributed by atoms with Gasteiger partial charge in [0.05, 0.1) is 0 Å². The number of alkyl halides is 3. The maximum atomic E-state index is 12.5. The van der Waals surface area contributed by atoms with E-state index in [0.717, 1.165) is 28.5 Å². The van der Waals surface area contributed by atoms with E-state index < -0.39 is 6.36 Å². The first-order valence-corrected chi connectivity index (χ1v) is 12.2. The highest BCUT2D eigenvalue weighted by Gasteiger charge is 2.36. The van der Waals surface area contributed by atoms with E-state index >= 15 is 0 Å². The van der Waals surface area contributed by atoms with Gasteiger partial charge in [0.25, 0.3) is 0 Å². The van der Waals surface area contributed by atoms with Crippen LogP contribution in [0.25, 0.3) is 10.8 Å². The van der Waals surface area contributed by atoms with Crippen molar-refractivity contribution in [3.63, 3.8) is 0 Å². The van der Waals surface area contributed by atoms with Crippen molar-refractivity contribution in [2.24, 2.45) is 17.8 Å². The molecule has 2 aliphatic carbocycles. The van der Waals surface area contributed by atoms with Gasteiger partial charge in [0.15, 0.2) is 0 Å². The third-order valence-corrected chi connectivity index (χ3v) is 7.73. The first kappa shape index (κ1) is 22.5. The average molecular weight is 433 g/mol. The van der Waals surface area contributed by atoms with Crippen molar-refractivity contribution >= 4 is 10.8 Å². The minimum absolute atomic E-state index is 0.153. The van der Waals surface area contributed by atoms with Crippen LogP contribution in [0.4, 0.5) is 13.2 Å². The summed E-state index contributed by atoms with van der Waals surface area (Å²) >= 11 is 0. The Bertz CT molecular complexity index is 859. The second-order valence-electron chi connectivity index (χ2n) is 9.87. The number of hydrogen-bond donors (Lipinski definition) is 0. The predicted octanol–water partition coefficient (Wildman–Crippen LogP) is 9.01. The lowest BCUT2D eigenvalue weighted by molar-refractivity contribution is -0.274. The van der Waals surface area contributed by atoms with Crippen molar-refractivity contribution in [1.29, 1.82) is 0 Å². The maximum absolute atomic E-state index is 12.5. The SMILES string of the molecule is CCCCCCC1CCC2CC(c3ccc4cc(OC(F)(F)F)ccc4c3)CCC2C1. The molecule has 1 nitrogen and oxygen atoms in total. The second-order valence-corrected chi connectivity index (χ2v) is 9.87. The van der Waals surface area contributed by atoms with Gasteiger partial charge < -0.3 is 4.74 Å². The van der Waals surface area contributed by atoms with Crippen LogP contribution >= 0.6 is 0 Å². The normalized spacial score (nSPS) is 26.6. The van der Waals surface area contributed by atoms with Crippen molar-refractivity contribution in [3.8, 4) is 5.75 Å². The van der Waals surface area contributed by atoms with Gasteiger partial charge in [-0.2, -0.15) is 0 Å². The van der Waals surface area contributed by atoms with Crippen molar-refractivity contribution in [2.75, 3.05) is 0 Å². The average Bonchev–Trinajstić information content (AvgIpc) is 2.75. The molecule has 0 N–H and O–H groups in total. The standard InChI is InChI=1S/C27H35F3O/c1-2-3-4-5-6-19-7-8-21-16-22(10-9-20(21)15-19)23-11-12-25-18-26(31-27(28,29)30)14-13-24(25)17-23/h11-14,17-22H,2-10,15-16H2,1H3. The third-order valence-electron chi connectivity index (χ3n) is 7.73. The van der Waals surface area contributed by atoms with Crippen LogP contribution in [0, 0.1) is 17.8 Å². The summed E-state index contributed by atoms with van der Waals surface area (Å²) in [6, 6.07) is 10.9. The van der Waals surface area contributed by atoms with Gasteiger partial charge in [-0.05, 0) is 84.2 Å². The molecule has 2 aromatic rings. The van der Waals surface area contributed by atoms with Gasteiger partial charge in [0.1, 0.15) is 5.75 Å². The molecule has 0 aromatic heterocycles. The zero-order valence-corrected chi connectivity index (χ0v) is 18.6. The summed E-state index contributed by atoms with van der Waals surface area (Å²) < 4.78 is 41.5. The molecule has 4 heteroatoms. The molecule has 2 fully saturated rings. The number of unbranched alkanes of at least 4 members (excludes halogenated alkanes) is 3. The van der Waals surface area contributed by atoms with Crippen LogP contribution in [-0.4, -0.2) is 6.36 Å². The van der Waals surface area contributed by atoms with Gasteiger partial charge in [0, 0.05) is 0 Å². The van der Waals surface area contributed by atoms with E-state index in [1.165, 1.54) is 88.3 Å². The number of ether oxygens (including phenoxy) is 1. The lowest BCUT2D eigenvalue weighted by Crippen LogP contribution is -2.30. The number of rotatable bonds is 7. The van der Waals surface area contributed by atoms with Crippen LogP contribution in [0.15, 0.2) is 36.4 Å². The molecule has 0 bridgehead atoms. The number of halogens is 3. The molecule has 0 aliphatic heterocycles. The molecule has 0 spiro atoms. The van der Waals surface area contributed by atoms with Crippen LogP contribution < -0.4 is 4.74 Å². The highest BCUT2D eigenvalue weighted by molar-refractivity contribution is 5.84. The Morgan fingerprint density at radius 1 is 0.839 bits per heavy atom. The smallest absolute Gasteiger partial charge is 0.406 e. The van der Waals surface area contributed by atoms with E-state index in [-0.39, 0.29) is 5.75 Å². The minimum atomic E-state index is -4.65. The molecular weight excluding hydrogens is 397 g/mol. The Labute approximate surface area is 184 Å². The molecule has 0 amide bonds. The van der Waals surface area contributed by atoms with E-state index in [0.29, 0.717) is 5.92 Å². The molecule has 0 radical (unpaired) electrons. The highest BCUT2D eigenvalue weighted by atomic mass is 19.4. The number of hydrogen-bond acceptors (Lipinski definition) is 1. The fourth-order valence-corrected chi connectivity index (χ4v) is 6.10. The first-order chi connectivity index (χ1) is 14.9. The van der Waals surface area contributed by atoms with Crippen LogP contribution in [0.2, 0.25) is 0 Å². The summed E-state index contributed by atoms with van der Waals surface area (Å²) in [5, 5.41) is 1.78. The molecule has 4 unspecified atom stereocenters. The summed E-state index contributed by atoms with van der Waals surface area (Å²) in [6.07, 6.45) is 10.3. The van der Waals surface area contributed by atoms with Crippen molar-refractivity contribution in [2.45, 2.75) is 89.8 Å². The molecule has 2 saturated carbocycles. The lowest BCUT2D eigenvalue weighted by atomic mass is 9.63. The molecular formula is C27H35F3O. The monoisotopic (exact) mass is 432 g/mol. The van der Waals surface area contributed by atoms with Crippen molar-refractivity contribution in [3.05, 3.63) is 42.0 Å². The Morgan fingerprint density at radius 3 is 2.39 bits per heavy atom. The summed E-state index contributed by atoms with van der Waals surface area (Å²) in [6.45, 7) is 2.28. The largest absolute Gasteiger partial charge is 0.573 e. The van der Waals surface area contributed by atoms with E-state index in [1.54, 1.807) is 6.07 Å². The molecule has 0 heterocycles. The zero-order valence-electron chi connectivity index (χ0n) is 18.6. The highest BCUT2D eigenvalue weighted by Crippen LogP contribution is 2.48. The summed E-state index contributed by atoms with van der Waals surface area (Å²) in [5.41, 5.74) is 1.34. The van der Waals surface area contributed by atoms with Gasteiger partial charge in [0.2, 0.25) is 0 Å². The van der Waals surface area contributed by atoms with Gasteiger partial charge >= 0.3 is 6.36 Å². The van der Waals surface area contributed by atoms with E-state index in [1.807, 2.05) is 6.07 Å². The fourth-order valence-electron chi connectivity index (χ4n) is 6.10. The molecule has 4 atom stereocenters. The van der Waals surface area contributed by atoms with Gasteiger partial charge in [-0.3, -0.25) is 0 Å². The predicted molar refractivity (Wildman–Crippen MR) is 120 cm³/mol.